The van der Waals surface area contributed by atoms with Gasteiger partial charge < -0.3 is 65.9 Å². The second-order valence-electron chi connectivity index (χ2n) is 20.1. The van der Waals surface area contributed by atoms with Crippen LogP contribution in [0.1, 0.15) is 89.9 Å². The number of rotatable bonds is 8. The standard InChI is InChI=1S/4C17H16N3.C4H8O.2Cr/c4*1-3-8-14(9-4-1)18-16-12-7-13-17(20-16)19-15-10-5-2-6-11-15;1-2-4-5-3-1;;/h4*1-6,8-11H,7,12-13H2;1-4H2;;/q4*-1;;2*+2. The predicted octanol–water partition coefficient (Wildman–Crippen LogP) is 20.8. The van der Waals surface area contributed by atoms with Crippen LogP contribution in [0.4, 0.5) is 45.5 Å². The van der Waals surface area contributed by atoms with Crippen molar-refractivity contribution in [2.24, 2.45) is 39.9 Å². The second kappa shape index (κ2) is 38.4. The fourth-order valence-electron chi connectivity index (χ4n) is 9.03. The second-order valence-corrected chi connectivity index (χ2v) is 20.1. The van der Waals surface area contributed by atoms with Crippen molar-refractivity contribution in [2.75, 3.05) is 13.2 Å². The van der Waals surface area contributed by atoms with Crippen molar-refractivity contribution in [3.63, 3.8) is 0 Å². The minimum atomic E-state index is 0. The Hall–Kier alpha value is -8.66. The Kier molecular flexibility index (Phi) is 29.1. The number of hydrogen-bond donors (Lipinski definition) is 0. The van der Waals surface area contributed by atoms with Crippen LogP contribution < -0.4 is 0 Å². The molecule has 5 saturated heterocycles. The van der Waals surface area contributed by atoms with E-state index >= 15 is 0 Å². The van der Waals surface area contributed by atoms with E-state index in [0.29, 0.717) is 0 Å². The Morgan fingerprint density at radius 3 is 0.448 bits per heavy atom. The van der Waals surface area contributed by atoms with Crippen LogP contribution in [0, 0.1) is 0 Å². The SMILES string of the molecule is C1CCOC1.[Cr+2].[Cr+2].c1ccc(N=C2CCCC(=Nc3ccccc3)[N-]2)cc1.c1ccc(N=C2CCCC(=Nc3ccccc3)[N-]2)cc1.c1ccc(N=C2CCCC(=Nc3ccccc3)[N-]2)cc1.c1ccc(N=C2CCCC(=Nc3ccccc3)[N-]2)cc1. The molecule has 0 aromatic heterocycles. The summed E-state index contributed by atoms with van der Waals surface area (Å²) in [6.45, 7) is 2.00. The number of ether oxygens (including phenoxy) is 1. The topological polar surface area (TPSA) is 165 Å². The molecule has 0 bridgehead atoms. The molecule has 13 nitrogen and oxygen atoms in total. The van der Waals surface area contributed by atoms with Crippen molar-refractivity contribution in [1.82, 2.24) is 0 Å². The first-order valence-electron chi connectivity index (χ1n) is 29.6. The molecule has 0 aliphatic carbocycles. The number of para-hydroxylation sites is 8. The largest absolute Gasteiger partial charge is 2.00 e. The molecule has 0 radical (unpaired) electrons. The van der Waals surface area contributed by atoms with Gasteiger partial charge in [0.05, 0.1) is 0 Å². The zero-order valence-corrected chi connectivity index (χ0v) is 51.5. The van der Waals surface area contributed by atoms with Gasteiger partial charge in [0.25, 0.3) is 0 Å². The van der Waals surface area contributed by atoms with Crippen LogP contribution in [-0.2, 0) is 39.5 Å². The van der Waals surface area contributed by atoms with Crippen LogP contribution in [0.25, 0.3) is 21.3 Å². The fourth-order valence-corrected chi connectivity index (χ4v) is 9.03. The molecule has 5 aliphatic rings. The van der Waals surface area contributed by atoms with Gasteiger partial charge in [0.1, 0.15) is 0 Å². The van der Waals surface area contributed by atoms with Crippen LogP contribution in [0.2, 0.25) is 0 Å². The molecule has 5 aliphatic heterocycles. The molecule has 0 spiro atoms. The smallest absolute Gasteiger partial charge is 0.381 e. The predicted molar refractivity (Wildman–Crippen MR) is 357 cm³/mol. The van der Waals surface area contributed by atoms with Gasteiger partial charge in [-0.25, -0.2) is 0 Å². The molecule has 0 amide bonds. The van der Waals surface area contributed by atoms with Gasteiger partial charge in [-0.2, -0.15) is 0 Å². The van der Waals surface area contributed by atoms with Crippen molar-refractivity contribution in [2.45, 2.75) is 89.9 Å². The maximum Gasteiger partial charge on any atom is 2.00 e. The summed E-state index contributed by atoms with van der Waals surface area (Å²) in [7, 11) is 0. The fraction of sp³-hybridized carbons (Fsp3) is 0.222. The van der Waals surface area contributed by atoms with E-state index in [1.807, 2.05) is 243 Å². The van der Waals surface area contributed by atoms with Gasteiger partial charge in [-0.3, -0.25) is 0 Å². The molecule has 87 heavy (non-hydrogen) atoms. The summed E-state index contributed by atoms with van der Waals surface area (Å²) in [4.78, 5) is 36.6. The Morgan fingerprint density at radius 2 is 0.333 bits per heavy atom. The third kappa shape index (κ3) is 25.1. The first kappa shape index (κ1) is 65.9. The van der Waals surface area contributed by atoms with E-state index in [-0.39, 0.29) is 34.7 Å². The molecule has 5 fully saturated rings. The number of amidine groups is 8. The number of piperidine rings is 4. The van der Waals surface area contributed by atoms with Crippen LogP contribution in [0.3, 0.4) is 0 Å². The quantitative estimate of drug-likeness (QED) is 0.145. The molecule has 15 heteroatoms. The van der Waals surface area contributed by atoms with E-state index in [4.69, 9.17) is 4.74 Å². The van der Waals surface area contributed by atoms with Crippen molar-refractivity contribution < 1.29 is 39.5 Å². The zero-order chi connectivity index (χ0) is 58.0. The molecular weight excluding hydrogens is 1150 g/mol. The van der Waals surface area contributed by atoms with Gasteiger partial charge in [-0.05, 0) is 182 Å². The molecule has 13 rings (SSSR count). The third-order valence-electron chi connectivity index (χ3n) is 13.2. The van der Waals surface area contributed by atoms with Crippen molar-refractivity contribution >= 4 is 92.2 Å². The number of hydrogen-bond acceptors (Lipinski definition) is 9. The summed E-state index contributed by atoms with van der Waals surface area (Å²) in [5.41, 5.74) is 7.61. The third-order valence-corrected chi connectivity index (χ3v) is 13.2. The summed E-state index contributed by atoms with van der Waals surface area (Å²) in [6.07, 6.45) is 14.1. The van der Waals surface area contributed by atoms with E-state index in [0.717, 1.165) is 182 Å². The molecule has 0 unspecified atom stereocenters. The van der Waals surface area contributed by atoms with Gasteiger partial charge in [-0.1, -0.05) is 243 Å². The Labute approximate surface area is 535 Å². The van der Waals surface area contributed by atoms with E-state index in [2.05, 4.69) is 61.2 Å². The Bertz CT molecular complexity index is 2800. The summed E-state index contributed by atoms with van der Waals surface area (Å²) in [5, 5.41) is 18.3. The van der Waals surface area contributed by atoms with Gasteiger partial charge in [0.15, 0.2) is 0 Å². The molecule has 5 heterocycles. The number of nitrogens with zero attached hydrogens (tertiary/aromatic N) is 12. The van der Waals surface area contributed by atoms with Crippen molar-refractivity contribution in [1.29, 1.82) is 0 Å². The van der Waals surface area contributed by atoms with E-state index in [9.17, 15) is 0 Å². The molecule has 0 atom stereocenters. The molecule has 0 N–H and O–H groups in total. The van der Waals surface area contributed by atoms with Gasteiger partial charge in [-0.15, -0.1) is 0 Å². The minimum absolute atomic E-state index is 0. The molecule has 438 valence electrons. The average molecular weight is 1230 g/mol. The molecular formula is C72H72Cr2N12O. The molecule has 8 aromatic carbocycles. The molecule has 0 saturated carbocycles. The van der Waals surface area contributed by atoms with Gasteiger partial charge >= 0.3 is 34.7 Å². The minimum Gasteiger partial charge on any atom is -0.381 e. The Balaban J connectivity index is 0.000000160. The maximum atomic E-state index is 4.94. The first-order chi connectivity index (χ1) is 42.1. The summed E-state index contributed by atoms with van der Waals surface area (Å²) in [5.74, 6) is 6.98. The van der Waals surface area contributed by atoms with Gasteiger partial charge in [0, 0.05) is 13.2 Å². The van der Waals surface area contributed by atoms with E-state index in [1.165, 1.54) is 12.8 Å². The number of aliphatic imine (C=N–C) groups is 8. The first-order valence-corrected chi connectivity index (χ1v) is 29.6. The van der Waals surface area contributed by atoms with Gasteiger partial charge in [0.2, 0.25) is 0 Å². The van der Waals surface area contributed by atoms with Crippen molar-refractivity contribution in [3.8, 4) is 0 Å². The summed E-state index contributed by atoms with van der Waals surface area (Å²) in [6, 6.07) is 79.6. The monoisotopic (exact) mass is 1220 g/mol. The maximum absolute atomic E-state index is 4.94. The normalized spacial score (nSPS) is 18.9. The van der Waals surface area contributed by atoms with Crippen LogP contribution in [-0.4, -0.2) is 59.9 Å². The van der Waals surface area contributed by atoms with Crippen LogP contribution in [0.5, 0.6) is 0 Å². The zero-order valence-electron chi connectivity index (χ0n) is 49.0. The summed E-state index contributed by atoms with van der Waals surface area (Å²) < 4.78 is 4.94. The van der Waals surface area contributed by atoms with Crippen molar-refractivity contribution in [3.05, 3.63) is 264 Å². The van der Waals surface area contributed by atoms with Crippen LogP contribution in [0.15, 0.2) is 283 Å². The molecule has 8 aromatic rings. The summed E-state index contributed by atoms with van der Waals surface area (Å²) >= 11 is 0. The van der Waals surface area contributed by atoms with Crippen LogP contribution >= 0.6 is 0 Å². The average Bonchev–Trinajstić information content (AvgIpc) is 4.30. The van der Waals surface area contributed by atoms with E-state index in [1.54, 1.807) is 0 Å². The Morgan fingerprint density at radius 1 is 0.195 bits per heavy atom. The number of benzene rings is 8. The van der Waals surface area contributed by atoms with E-state index < -0.39 is 0 Å².